The van der Waals surface area contributed by atoms with E-state index in [1.807, 2.05) is 0 Å². The molecule has 0 unspecified atom stereocenters. The molecule has 8 heteroatoms. The molecule has 2 aromatic rings. The van der Waals surface area contributed by atoms with Crippen LogP contribution in [0.2, 0.25) is 0 Å². The maximum atomic E-state index is 12.3. The quantitative estimate of drug-likeness (QED) is 0.862. The van der Waals surface area contributed by atoms with E-state index in [2.05, 4.69) is 25.6 Å². The zero-order chi connectivity index (χ0) is 15.6. The molecular weight excluding hydrogens is 360 g/mol. The highest BCUT2D eigenvalue weighted by atomic mass is 79.9. The number of aromatic nitrogens is 1. The van der Waals surface area contributed by atoms with Gasteiger partial charge < -0.3 is 5.11 Å². The van der Waals surface area contributed by atoms with E-state index in [-0.39, 0.29) is 16.3 Å². The number of halogens is 1. The molecule has 0 aliphatic heterocycles. The van der Waals surface area contributed by atoms with Gasteiger partial charge in [-0.25, -0.2) is 18.2 Å². The smallest absolute Gasteiger partial charge is 0.335 e. The van der Waals surface area contributed by atoms with Crippen molar-refractivity contribution < 1.29 is 18.3 Å². The lowest BCUT2D eigenvalue weighted by Crippen LogP contribution is -2.15. The minimum absolute atomic E-state index is 0.0987. The number of carboxylic acid groups (broad SMARTS) is 1. The molecule has 1 aromatic carbocycles. The summed E-state index contributed by atoms with van der Waals surface area (Å²) in [6.07, 6.45) is 1.47. The summed E-state index contributed by atoms with van der Waals surface area (Å²) in [4.78, 5) is 14.8. The molecule has 0 saturated heterocycles. The van der Waals surface area contributed by atoms with Crippen LogP contribution in [0, 0.1) is 6.92 Å². The van der Waals surface area contributed by atoms with Crippen LogP contribution in [0.5, 0.6) is 0 Å². The molecule has 0 fully saturated rings. The van der Waals surface area contributed by atoms with Crippen molar-refractivity contribution in [1.82, 2.24) is 4.98 Å². The van der Waals surface area contributed by atoms with Crippen molar-refractivity contribution >= 4 is 37.7 Å². The summed E-state index contributed by atoms with van der Waals surface area (Å²) in [5.41, 5.74) is 0.542. The molecular formula is C13H11BrN2O4S. The number of nitrogens with one attached hydrogen (secondary N) is 1. The van der Waals surface area contributed by atoms with Crippen LogP contribution in [0.4, 0.5) is 5.82 Å². The molecule has 0 spiro atoms. The molecule has 1 heterocycles. The van der Waals surface area contributed by atoms with Crippen molar-refractivity contribution in [1.29, 1.82) is 0 Å². The van der Waals surface area contributed by atoms with E-state index in [0.717, 1.165) is 10.5 Å². The van der Waals surface area contributed by atoms with E-state index >= 15 is 0 Å². The van der Waals surface area contributed by atoms with Crippen molar-refractivity contribution in [3.63, 3.8) is 0 Å². The Bertz CT molecular complexity index is 806. The van der Waals surface area contributed by atoms with E-state index < -0.39 is 16.0 Å². The van der Waals surface area contributed by atoms with Crippen LogP contribution in [0.25, 0.3) is 0 Å². The molecule has 2 N–H and O–H groups in total. The molecule has 2 rings (SSSR count). The molecule has 0 amide bonds. The zero-order valence-corrected chi connectivity index (χ0v) is 13.3. The minimum atomic E-state index is -3.90. The molecule has 110 valence electrons. The number of anilines is 1. The van der Waals surface area contributed by atoms with Crippen LogP contribution in [0.15, 0.2) is 45.9 Å². The number of pyridine rings is 1. The topological polar surface area (TPSA) is 96.4 Å². The maximum Gasteiger partial charge on any atom is 0.335 e. The second kappa shape index (κ2) is 5.82. The largest absolute Gasteiger partial charge is 0.478 e. The standard InChI is InChI=1S/C13H11BrN2O4S/c1-8-5-10(14)7-15-12(8)16-21(19,20)11-4-2-3-9(6-11)13(17)18/h2-7H,1H3,(H,15,16)(H,17,18). The average Bonchev–Trinajstić information content (AvgIpc) is 2.42. The first-order valence-electron chi connectivity index (χ1n) is 5.78. The summed E-state index contributed by atoms with van der Waals surface area (Å²) in [5, 5.41) is 8.91. The highest BCUT2D eigenvalue weighted by Crippen LogP contribution is 2.21. The van der Waals surface area contributed by atoms with Gasteiger partial charge in [-0.1, -0.05) is 6.07 Å². The number of carboxylic acids is 1. The van der Waals surface area contributed by atoms with Crippen LogP contribution >= 0.6 is 15.9 Å². The van der Waals surface area contributed by atoms with Gasteiger partial charge in [-0.15, -0.1) is 0 Å². The van der Waals surface area contributed by atoms with Crippen LogP contribution in [-0.4, -0.2) is 24.5 Å². The third-order valence-electron chi connectivity index (χ3n) is 2.67. The predicted octanol–water partition coefficient (Wildman–Crippen LogP) is 2.65. The summed E-state index contributed by atoms with van der Waals surface area (Å²) in [7, 11) is -3.90. The number of carbonyl (C=O) groups is 1. The molecule has 1 aromatic heterocycles. The number of rotatable bonds is 4. The van der Waals surface area contributed by atoms with Gasteiger partial charge in [0.2, 0.25) is 0 Å². The van der Waals surface area contributed by atoms with Crippen LogP contribution < -0.4 is 4.72 Å². The van der Waals surface area contributed by atoms with Gasteiger partial charge in [0.1, 0.15) is 5.82 Å². The summed E-state index contributed by atoms with van der Waals surface area (Å²) >= 11 is 3.24. The Morgan fingerprint density at radius 3 is 2.67 bits per heavy atom. The van der Waals surface area contributed by atoms with E-state index in [4.69, 9.17) is 5.11 Å². The van der Waals surface area contributed by atoms with E-state index in [1.165, 1.54) is 24.4 Å². The lowest BCUT2D eigenvalue weighted by molar-refractivity contribution is 0.0696. The number of aromatic carboxylic acids is 1. The Labute approximate surface area is 130 Å². The third-order valence-corrected chi connectivity index (χ3v) is 4.44. The van der Waals surface area contributed by atoms with Gasteiger partial charge in [0.25, 0.3) is 10.0 Å². The van der Waals surface area contributed by atoms with Gasteiger partial charge in [-0.2, -0.15) is 0 Å². The first-order valence-corrected chi connectivity index (χ1v) is 8.05. The zero-order valence-electron chi connectivity index (χ0n) is 10.9. The Kier molecular flexibility index (Phi) is 4.29. The van der Waals surface area contributed by atoms with Gasteiger partial charge in [0, 0.05) is 10.7 Å². The maximum absolute atomic E-state index is 12.3. The molecule has 0 atom stereocenters. The fraction of sp³-hybridized carbons (Fsp3) is 0.0769. The number of sulfonamides is 1. The molecule has 6 nitrogen and oxygen atoms in total. The Morgan fingerprint density at radius 1 is 1.33 bits per heavy atom. The van der Waals surface area contributed by atoms with Crippen molar-refractivity contribution in [3.8, 4) is 0 Å². The summed E-state index contributed by atoms with van der Waals surface area (Å²) < 4.78 is 27.6. The normalized spacial score (nSPS) is 11.1. The van der Waals surface area contributed by atoms with E-state index in [0.29, 0.717) is 5.56 Å². The molecule has 0 bridgehead atoms. The second-order valence-corrected chi connectivity index (χ2v) is 6.86. The van der Waals surface area contributed by atoms with Crippen molar-refractivity contribution in [3.05, 3.63) is 52.1 Å². The van der Waals surface area contributed by atoms with Crippen molar-refractivity contribution in [2.75, 3.05) is 4.72 Å². The monoisotopic (exact) mass is 370 g/mol. The molecule has 0 aliphatic rings. The number of nitrogens with zero attached hydrogens (tertiary/aromatic N) is 1. The van der Waals surface area contributed by atoms with Gasteiger partial charge >= 0.3 is 5.97 Å². The van der Waals surface area contributed by atoms with Gasteiger partial charge in [0.15, 0.2) is 0 Å². The molecule has 0 saturated carbocycles. The number of hydrogen-bond donors (Lipinski definition) is 2. The first kappa shape index (κ1) is 15.5. The highest BCUT2D eigenvalue weighted by molar-refractivity contribution is 9.10. The first-order chi connectivity index (χ1) is 9.79. The Hall–Kier alpha value is -1.93. The number of aryl methyl sites for hydroxylation is 1. The van der Waals surface area contributed by atoms with Crippen molar-refractivity contribution in [2.24, 2.45) is 0 Å². The summed E-state index contributed by atoms with van der Waals surface area (Å²) in [5.74, 6) is -0.996. The fourth-order valence-corrected chi connectivity index (χ4v) is 3.20. The lowest BCUT2D eigenvalue weighted by atomic mass is 10.2. The van der Waals surface area contributed by atoms with Gasteiger partial charge in [-0.3, -0.25) is 4.72 Å². The molecule has 21 heavy (non-hydrogen) atoms. The molecule has 0 aliphatic carbocycles. The van der Waals surface area contributed by atoms with E-state index in [9.17, 15) is 13.2 Å². The minimum Gasteiger partial charge on any atom is -0.478 e. The van der Waals surface area contributed by atoms with Gasteiger partial charge in [-0.05, 0) is 52.7 Å². The van der Waals surface area contributed by atoms with Crippen molar-refractivity contribution in [2.45, 2.75) is 11.8 Å². The summed E-state index contributed by atoms with van der Waals surface area (Å²) in [6, 6.07) is 6.84. The van der Waals surface area contributed by atoms with Crippen LogP contribution in [-0.2, 0) is 10.0 Å². The van der Waals surface area contributed by atoms with Crippen LogP contribution in [0.1, 0.15) is 15.9 Å². The fourth-order valence-electron chi connectivity index (χ4n) is 1.63. The summed E-state index contributed by atoms with van der Waals surface area (Å²) in [6.45, 7) is 1.71. The average molecular weight is 371 g/mol. The number of benzene rings is 1. The van der Waals surface area contributed by atoms with Crippen LogP contribution in [0.3, 0.4) is 0 Å². The SMILES string of the molecule is Cc1cc(Br)cnc1NS(=O)(=O)c1cccc(C(=O)O)c1. The van der Waals surface area contributed by atoms with E-state index in [1.54, 1.807) is 13.0 Å². The lowest BCUT2D eigenvalue weighted by Gasteiger charge is -2.10. The van der Waals surface area contributed by atoms with Gasteiger partial charge in [0.05, 0.1) is 10.5 Å². The second-order valence-electron chi connectivity index (χ2n) is 4.26. The molecule has 0 radical (unpaired) electrons. The third kappa shape index (κ3) is 3.59. The Balaban J connectivity index is 2.38. The number of hydrogen-bond acceptors (Lipinski definition) is 4. The highest BCUT2D eigenvalue weighted by Gasteiger charge is 2.17. The predicted molar refractivity (Wildman–Crippen MR) is 80.9 cm³/mol. The Morgan fingerprint density at radius 2 is 2.05 bits per heavy atom.